The number of alkyl halides is 2. The number of halogens is 4. The molecule has 0 radical (unpaired) electrons. The van der Waals surface area contributed by atoms with Crippen LogP contribution in [0.1, 0.15) is 48.7 Å². The van der Waals surface area contributed by atoms with E-state index in [4.69, 9.17) is 11.6 Å². The van der Waals surface area contributed by atoms with Gasteiger partial charge in [-0.1, -0.05) is 29.8 Å². The third-order valence-corrected chi connectivity index (χ3v) is 6.75. The first kappa shape index (κ1) is 24.9. The lowest BCUT2D eigenvalue weighted by Crippen LogP contribution is -2.60. The topological polar surface area (TPSA) is 75.2 Å². The molecular formula is C25H24ClF3N4O2. The molecule has 1 fully saturated rings. The number of hydrogen-bond acceptors (Lipinski definition) is 5. The summed E-state index contributed by atoms with van der Waals surface area (Å²) in [7, 11) is 0. The number of benzene rings is 1. The van der Waals surface area contributed by atoms with E-state index in [0.717, 1.165) is 11.6 Å². The predicted molar refractivity (Wildman–Crippen MR) is 126 cm³/mol. The Hall–Kier alpha value is -3.20. The van der Waals surface area contributed by atoms with Gasteiger partial charge in [0.25, 0.3) is 6.43 Å². The Morgan fingerprint density at radius 2 is 1.91 bits per heavy atom. The van der Waals surface area contributed by atoms with Crippen LogP contribution in [0.2, 0.25) is 5.28 Å². The van der Waals surface area contributed by atoms with E-state index in [9.17, 15) is 22.8 Å². The Balaban J connectivity index is 1.56. The number of likely N-dealkylation sites (tertiary alicyclic amines) is 1. The number of carbonyl (C=O) groups is 2. The van der Waals surface area contributed by atoms with Crippen LogP contribution in [0.15, 0.2) is 42.5 Å². The van der Waals surface area contributed by atoms with Crippen LogP contribution < -0.4 is 5.32 Å². The number of amides is 1. The first-order chi connectivity index (χ1) is 16.5. The van der Waals surface area contributed by atoms with E-state index >= 15 is 0 Å². The minimum atomic E-state index is -2.93. The number of allylic oxidation sites excluding steroid dienone is 2. The molecule has 0 saturated carbocycles. The molecule has 0 bridgehead atoms. The smallest absolute Gasteiger partial charge is 0.266 e. The Labute approximate surface area is 205 Å². The van der Waals surface area contributed by atoms with Gasteiger partial charge in [0, 0.05) is 37.6 Å². The fourth-order valence-corrected chi connectivity index (χ4v) is 4.67. The highest BCUT2D eigenvalue weighted by Crippen LogP contribution is 2.37. The van der Waals surface area contributed by atoms with Crippen LogP contribution in [0, 0.1) is 11.2 Å². The number of fused-ring (bicyclic) bond motifs is 1. The summed E-state index contributed by atoms with van der Waals surface area (Å²) in [6.45, 7) is 7.45. The van der Waals surface area contributed by atoms with Gasteiger partial charge in [-0.2, -0.15) is 0 Å². The van der Waals surface area contributed by atoms with E-state index < -0.39 is 29.3 Å². The molecule has 2 aromatic rings. The van der Waals surface area contributed by atoms with Crippen LogP contribution in [0.3, 0.4) is 0 Å². The average molecular weight is 505 g/mol. The molecule has 1 aromatic carbocycles. The normalized spacial score (nSPS) is 18.3. The predicted octanol–water partition coefficient (Wildman–Crippen LogP) is 5.01. The molecular weight excluding hydrogens is 481 g/mol. The van der Waals surface area contributed by atoms with E-state index in [-0.39, 0.29) is 22.5 Å². The van der Waals surface area contributed by atoms with Crippen molar-refractivity contribution in [1.82, 2.24) is 14.9 Å². The van der Waals surface area contributed by atoms with E-state index in [2.05, 4.69) is 21.9 Å². The highest BCUT2D eigenvalue weighted by atomic mass is 35.5. The van der Waals surface area contributed by atoms with Crippen molar-refractivity contribution >= 4 is 29.1 Å². The highest BCUT2D eigenvalue weighted by molar-refractivity contribution is 6.28. The third-order valence-electron chi connectivity index (χ3n) is 6.59. The number of rotatable bonds is 7. The molecule has 6 nitrogen and oxygen atoms in total. The molecule has 1 aliphatic carbocycles. The monoisotopic (exact) mass is 504 g/mol. The van der Waals surface area contributed by atoms with Gasteiger partial charge in [0.05, 0.1) is 22.7 Å². The third kappa shape index (κ3) is 4.69. The van der Waals surface area contributed by atoms with Crippen LogP contribution in [0.5, 0.6) is 0 Å². The molecule has 10 heteroatoms. The number of anilines is 1. The van der Waals surface area contributed by atoms with Crippen LogP contribution >= 0.6 is 11.6 Å². The summed E-state index contributed by atoms with van der Waals surface area (Å²) in [6.07, 6.45) is 0.971. The Bertz CT molecular complexity index is 1240. The summed E-state index contributed by atoms with van der Waals surface area (Å²) in [5, 5.41) is 3.05. The van der Waals surface area contributed by atoms with Gasteiger partial charge in [0.2, 0.25) is 11.2 Å². The summed E-state index contributed by atoms with van der Waals surface area (Å²) in [6, 6.07) is 3.18. The van der Waals surface area contributed by atoms with E-state index in [1.54, 1.807) is 24.0 Å². The van der Waals surface area contributed by atoms with Crippen LogP contribution in [0.25, 0.3) is 0 Å². The maximum atomic E-state index is 14.6. The van der Waals surface area contributed by atoms with Crippen molar-refractivity contribution in [3.05, 3.63) is 76.0 Å². The largest absolute Gasteiger partial charge is 0.363 e. The van der Waals surface area contributed by atoms with Gasteiger partial charge in [-0.05, 0) is 31.0 Å². The summed E-state index contributed by atoms with van der Waals surface area (Å²) >= 11 is 6.11. The van der Waals surface area contributed by atoms with Gasteiger partial charge in [-0.3, -0.25) is 9.59 Å². The maximum absolute atomic E-state index is 14.6. The Morgan fingerprint density at radius 3 is 2.54 bits per heavy atom. The first-order valence-electron chi connectivity index (χ1n) is 11.1. The zero-order chi connectivity index (χ0) is 25.5. The summed E-state index contributed by atoms with van der Waals surface area (Å²) in [5.41, 5.74) is 0.735. The minimum Gasteiger partial charge on any atom is -0.363 e. The summed E-state index contributed by atoms with van der Waals surface area (Å²) < 4.78 is 40.9. The molecule has 1 atom stereocenters. The quantitative estimate of drug-likeness (QED) is 0.326. The SMILES string of the molecule is C=CC1(C(=O)C=C2Cc3nc(Cl)nc(N[C@H](C)c4cccc(C(F)F)c4F)c3C2)CN(C(C)=O)C1. The van der Waals surface area contributed by atoms with Gasteiger partial charge in [-0.15, -0.1) is 6.58 Å². The molecule has 0 spiro atoms. The van der Waals surface area contributed by atoms with Gasteiger partial charge < -0.3 is 10.2 Å². The minimum absolute atomic E-state index is 0.0218. The first-order valence-corrected chi connectivity index (χ1v) is 11.4. The lowest BCUT2D eigenvalue weighted by Gasteiger charge is -2.46. The number of nitrogens with zero attached hydrogens (tertiary/aromatic N) is 3. The fraction of sp³-hybridized carbons (Fsp3) is 0.360. The van der Waals surface area contributed by atoms with Crippen molar-refractivity contribution in [3.63, 3.8) is 0 Å². The number of aromatic nitrogens is 2. The second kappa shape index (κ2) is 9.45. The molecule has 35 heavy (non-hydrogen) atoms. The van der Waals surface area contributed by atoms with Gasteiger partial charge >= 0.3 is 0 Å². The van der Waals surface area contributed by atoms with Gasteiger partial charge in [0.15, 0.2) is 5.78 Å². The van der Waals surface area contributed by atoms with Gasteiger partial charge in [-0.25, -0.2) is 23.1 Å². The molecule has 2 aliphatic rings. The molecule has 2 heterocycles. The van der Waals surface area contributed by atoms with Crippen molar-refractivity contribution < 1.29 is 22.8 Å². The fourth-order valence-electron chi connectivity index (χ4n) is 4.48. The Kier molecular flexibility index (Phi) is 6.73. The summed E-state index contributed by atoms with van der Waals surface area (Å²) in [5.74, 6) is -0.850. The molecule has 184 valence electrons. The van der Waals surface area contributed by atoms with Crippen LogP contribution in [0.4, 0.5) is 19.0 Å². The van der Waals surface area contributed by atoms with Crippen LogP contribution in [-0.2, 0) is 22.4 Å². The second-order valence-corrected chi connectivity index (χ2v) is 9.28. The number of hydrogen-bond donors (Lipinski definition) is 1. The standard InChI is InChI=1S/C25H24ClF3N4O2/c1-4-25(11-33(12-25)14(3)34)20(35)10-15-8-18-19(9-15)31-24(26)32-23(18)30-13(2)16-6-5-7-17(21(16)27)22(28)29/h4-7,10,13,22H,1,8-9,11-12H2,2-3H3,(H,30,31,32)/t13-/m1/s1. The molecule has 1 aliphatic heterocycles. The van der Waals surface area contributed by atoms with Crippen molar-refractivity contribution in [3.8, 4) is 0 Å². The van der Waals surface area contributed by atoms with Crippen molar-refractivity contribution in [1.29, 1.82) is 0 Å². The molecule has 4 rings (SSSR count). The van der Waals surface area contributed by atoms with Crippen molar-refractivity contribution in [2.45, 2.75) is 39.2 Å². The van der Waals surface area contributed by atoms with Crippen molar-refractivity contribution in [2.24, 2.45) is 5.41 Å². The lowest BCUT2D eigenvalue weighted by molar-refractivity contribution is -0.144. The van der Waals surface area contributed by atoms with Crippen molar-refractivity contribution in [2.75, 3.05) is 18.4 Å². The average Bonchev–Trinajstić information content (AvgIpc) is 3.15. The second-order valence-electron chi connectivity index (χ2n) is 8.94. The van der Waals surface area contributed by atoms with E-state index in [1.165, 1.54) is 19.1 Å². The van der Waals surface area contributed by atoms with Gasteiger partial charge in [0.1, 0.15) is 11.6 Å². The Morgan fingerprint density at radius 1 is 1.23 bits per heavy atom. The zero-order valence-electron chi connectivity index (χ0n) is 19.2. The molecule has 1 N–H and O–H groups in total. The number of carbonyl (C=O) groups excluding carboxylic acids is 2. The number of nitrogens with one attached hydrogen (secondary N) is 1. The maximum Gasteiger partial charge on any atom is 0.266 e. The summed E-state index contributed by atoms with van der Waals surface area (Å²) in [4.78, 5) is 34.7. The molecule has 0 unspecified atom stereocenters. The number of ketones is 1. The highest BCUT2D eigenvalue weighted by Gasteiger charge is 2.47. The van der Waals surface area contributed by atoms with E-state index in [0.29, 0.717) is 43.0 Å². The van der Waals surface area contributed by atoms with E-state index in [1.807, 2.05) is 0 Å². The zero-order valence-corrected chi connectivity index (χ0v) is 20.0. The molecule has 1 saturated heterocycles. The molecule has 1 aromatic heterocycles. The molecule has 1 amide bonds. The van der Waals surface area contributed by atoms with Crippen LogP contribution in [-0.4, -0.2) is 39.6 Å². The lowest BCUT2D eigenvalue weighted by atomic mass is 9.75.